The lowest BCUT2D eigenvalue weighted by Crippen LogP contribution is -2.53. The van der Waals surface area contributed by atoms with Crippen LogP contribution < -0.4 is 0 Å². The van der Waals surface area contributed by atoms with Crippen LogP contribution in [-0.4, -0.2) is 40.6 Å². The zero-order valence-electron chi connectivity index (χ0n) is 11.5. The van der Waals surface area contributed by atoms with E-state index < -0.39 is 6.04 Å². The maximum Gasteiger partial charge on any atom is 0.255 e. The lowest BCUT2D eigenvalue weighted by Gasteiger charge is -2.33. The van der Waals surface area contributed by atoms with Gasteiger partial charge in [0, 0.05) is 25.6 Å². The van der Waals surface area contributed by atoms with Crippen molar-refractivity contribution >= 4 is 17.7 Å². The summed E-state index contributed by atoms with van der Waals surface area (Å²) in [6, 6.07) is 5.10. The normalized spacial score (nSPS) is 22.5. The number of imide groups is 1. The first-order valence-corrected chi connectivity index (χ1v) is 6.70. The van der Waals surface area contributed by atoms with Crippen LogP contribution in [-0.2, 0) is 16.1 Å². The molecule has 3 amide bonds. The topological polar surface area (TPSA) is 57.7 Å². The molecule has 1 aromatic rings. The van der Waals surface area contributed by atoms with E-state index in [0.29, 0.717) is 24.9 Å². The van der Waals surface area contributed by atoms with Crippen LogP contribution in [0.4, 0.5) is 0 Å². The van der Waals surface area contributed by atoms with E-state index in [1.54, 1.807) is 11.0 Å². The molecule has 0 aliphatic carbocycles. The highest BCUT2D eigenvalue weighted by Gasteiger charge is 2.41. The molecule has 1 fully saturated rings. The fourth-order valence-electron chi connectivity index (χ4n) is 2.95. The minimum Gasteiger partial charge on any atom is -0.322 e. The smallest absolute Gasteiger partial charge is 0.255 e. The Hall–Kier alpha value is -2.17. The molecule has 20 heavy (non-hydrogen) atoms. The zero-order valence-corrected chi connectivity index (χ0v) is 11.5. The van der Waals surface area contributed by atoms with Gasteiger partial charge in [-0.05, 0) is 30.5 Å². The molecule has 2 aliphatic heterocycles. The molecule has 0 saturated carbocycles. The molecule has 2 aliphatic rings. The molecule has 1 atom stereocenters. The molecule has 5 nitrogen and oxygen atoms in total. The number of likely N-dealkylation sites (tertiary alicyclic amines) is 1. The Labute approximate surface area is 117 Å². The molecule has 0 N–H and O–H groups in total. The third kappa shape index (κ3) is 1.73. The van der Waals surface area contributed by atoms with Crippen LogP contribution in [0.2, 0.25) is 0 Å². The highest BCUT2D eigenvalue weighted by molar-refractivity contribution is 6.05. The van der Waals surface area contributed by atoms with Gasteiger partial charge in [0.05, 0.1) is 0 Å². The summed E-state index contributed by atoms with van der Waals surface area (Å²) in [5.74, 6) is -0.559. The second-order valence-corrected chi connectivity index (χ2v) is 5.38. The number of fused-ring (bicyclic) bond motifs is 1. The largest absolute Gasteiger partial charge is 0.322 e. The van der Waals surface area contributed by atoms with Gasteiger partial charge in [-0.15, -0.1) is 0 Å². The zero-order chi connectivity index (χ0) is 14.4. The number of hydrogen-bond acceptors (Lipinski definition) is 3. The fraction of sp³-hybridized carbons (Fsp3) is 0.400. The summed E-state index contributed by atoms with van der Waals surface area (Å²) in [7, 11) is 1.48. The molecule has 5 heteroatoms. The van der Waals surface area contributed by atoms with Crippen molar-refractivity contribution in [3.8, 4) is 0 Å². The van der Waals surface area contributed by atoms with Gasteiger partial charge < -0.3 is 4.90 Å². The summed E-state index contributed by atoms with van der Waals surface area (Å²) in [6.45, 7) is 2.42. The Morgan fingerprint density at radius 2 is 1.95 bits per heavy atom. The van der Waals surface area contributed by atoms with E-state index in [9.17, 15) is 14.4 Å². The maximum atomic E-state index is 12.5. The minimum atomic E-state index is -0.517. The highest BCUT2D eigenvalue weighted by atomic mass is 16.2. The Morgan fingerprint density at radius 1 is 1.20 bits per heavy atom. The van der Waals surface area contributed by atoms with Crippen LogP contribution in [0.1, 0.15) is 34.3 Å². The van der Waals surface area contributed by atoms with Crippen molar-refractivity contribution in [1.82, 2.24) is 9.80 Å². The van der Waals surface area contributed by atoms with Crippen molar-refractivity contribution in [1.29, 1.82) is 0 Å². The van der Waals surface area contributed by atoms with Gasteiger partial charge in [-0.3, -0.25) is 19.3 Å². The van der Waals surface area contributed by atoms with E-state index in [1.165, 1.54) is 7.05 Å². The predicted octanol–water partition coefficient (Wildman–Crippen LogP) is 1.10. The van der Waals surface area contributed by atoms with E-state index in [-0.39, 0.29) is 17.7 Å². The van der Waals surface area contributed by atoms with Gasteiger partial charge in [0.1, 0.15) is 6.04 Å². The van der Waals surface area contributed by atoms with E-state index in [1.807, 2.05) is 19.1 Å². The van der Waals surface area contributed by atoms with Gasteiger partial charge in [0.2, 0.25) is 5.91 Å². The molecule has 0 radical (unpaired) electrons. The Bertz CT molecular complexity index is 624. The second kappa shape index (κ2) is 4.44. The van der Waals surface area contributed by atoms with Crippen molar-refractivity contribution in [3.63, 3.8) is 0 Å². The van der Waals surface area contributed by atoms with Crippen LogP contribution in [0.5, 0.6) is 0 Å². The molecule has 3 rings (SSSR count). The molecule has 0 spiro atoms. The number of likely N-dealkylation sites (N-methyl/N-ethyl adjacent to an activating group) is 1. The van der Waals surface area contributed by atoms with E-state index in [0.717, 1.165) is 16.0 Å². The van der Waals surface area contributed by atoms with Crippen LogP contribution >= 0.6 is 0 Å². The molecule has 2 heterocycles. The van der Waals surface area contributed by atoms with E-state index >= 15 is 0 Å². The second-order valence-electron chi connectivity index (χ2n) is 5.38. The Kier molecular flexibility index (Phi) is 2.85. The highest BCUT2D eigenvalue weighted by Crippen LogP contribution is 2.30. The third-order valence-corrected chi connectivity index (χ3v) is 4.23. The number of nitrogens with zero attached hydrogens (tertiary/aromatic N) is 2. The number of aryl methyl sites for hydroxylation is 1. The number of carbonyl (C=O) groups is 3. The van der Waals surface area contributed by atoms with Gasteiger partial charge in [-0.2, -0.15) is 0 Å². The van der Waals surface area contributed by atoms with Crippen molar-refractivity contribution < 1.29 is 14.4 Å². The standard InChI is InChI=1S/C15H16N2O3/c1-9-4-3-5-10-11(9)8-17(14(10)19)12-6-7-13(18)16(2)15(12)20/h3-5,12H,6-8H2,1-2H3. The lowest BCUT2D eigenvalue weighted by molar-refractivity contribution is -0.150. The minimum absolute atomic E-state index is 0.107. The number of amides is 3. The van der Waals surface area contributed by atoms with Gasteiger partial charge in [0.15, 0.2) is 0 Å². The average molecular weight is 272 g/mol. The molecule has 1 aromatic carbocycles. The van der Waals surface area contributed by atoms with Gasteiger partial charge in [-0.25, -0.2) is 0 Å². The molecule has 0 bridgehead atoms. The molecular formula is C15H16N2O3. The summed E-state index contributed by atoms with van der Waals surface area (Å²) >= 11 is 0. The van der Waals surface area contributed by atoms with Crippen LogP contribution in [0, 0.1) is 6.92 Å². The van der Waals surface area contributed by atoms with Crippen LogP contribution in [0.25, 0.3) is 0 Å². The van der Waals surface area contributed by atoms with Gasteiger partial charge in [0.25, 0.3) is 11.8 Å². The van der Waals surface area contributed by atoms with Gasteiger partial charge in [-0.1, -0.05) is 12.1 Å². The third-order valence-electron chi connectivity index (χ3n) is 4.23. The lowest BCUT2D eigenvalue weighted by atomic mass is 10.0. The molecule has 0 aromatic heterocycles. The first-order valence-electron chi connectivity index (χ1n) is 6.70. The Morgan fingerprint density at radius 3 is 2.65 bits per heavy atom. The first kappa shape index (κ1) is 12.8. The monoisotopic (exact) mass is 272 g/mol. The molecule has 104 valence electrons. The summed E-state index contributed by atoms with van der Waals surface area (Å²) in [4.78, 5) is 38.9. The summed E-state index contributed by atoms with van der Waals surface area (Å²) in [6.07, 6.45) is 0.729. The molecule has 1 saturated heterocycles. The van der Waals surface area contributed by atoms with Gasteiger partial charge >= 0.3 is 0 Å². The molecule has 1 unspecified atom stereocenters. The summed E-state index contributed by atoms with van der Waals surface area (Å²) < 4.78 is 0. The van der Waals surface area contributed by atoms with E-state index in [4.69, 9.17) is 0 Å². The van der Waals surface area contributed by atoms with E-state index in [2.05, 4.69) is 0 Å². The quantitative estimate of drug-likeness (QED) is 0.719. The van der Waals surface area contributed by atoms with Crippen molar-refractivity contribution in [2.75, 3.05) is 7.05 Å². The summed E-state index contributed by atoms with van der Waals surface area (Å²) in [5.41, 5.74) is 2.73. The van der Waals surface area contributed by atoms with Crippen molar-refractivity contribution in [2.24, 2.45) is 0 Å². The SMILES string of the molecule is Cc1cccc2c1CN(C1CCC(=O)N(C)C1=O)C2=O. The first-order chi connectivity index (χ1) is 9.50. The van der Waals surface area contributed by atoms with Crippen LogP contribution in [0.15, 0.2) is 18.2 Å². The maximum absolute atomic E-state index is 12.5. The number of hydrogen-bond donors (Lipinski definition) is 0. The number of rotatable bonds is 1. The number of piperidine rings is 1. The van der Waals surface area contributed by atoms with Crippen LogP contribution in [0.3, 0.4) is 0 Å². The number of benzene rings is 1. The predicted molar refractivity (Wildman–Crippen MR) is 71.9 cm³/mol. The fourth-order valence-corrected chi connectivity index (χ4v) is 2.95. The van der Waals surface area contributed by atoms with Crippen molar-refractivity contribution in [2.45, 2.75) is 32.4 Å². The average Bonchev–Trinajstić information content (AvgIpc) is 2.76. The Balaban J connectivity index is 1.91. The summed E-state index contributed by atoms with van der Waals surface area (Å²) in [5, 5.41) is 0. The number of carbonyl (C=O) groups excluding carboxylic acids is 3. The van der Waals surface area contributed by atoms with Crippen molar-refractivity contribution in [3.05, 3.63) is 34.9 Å². The molecular weight excluding hydrogens is 256 g/mol.